The third-order valence-electron chi connectivity index (χ3n) is 3.09. The van der Waals surface area contributed by atoms with Gasteiger partial charge in [-0.25, -0.2) is 4.79 Å². The summed E-state index contributed by atoms with van der Waals surface area (Å²) < 4.78 is 0. The Morgan fingerprint density at radius 1 is 1.29 bits per heavy atom. The molecule has 0 spiro atoms. The first kappa shape index (κ1) is 11.6. The molecule has 0 saturated carbocycles. The highest BCUT2D eigenvalue weighted by Gasteiger charge is 2.33. The summed E-state index contributed by atoms with van der Waals surface area (Å²) in [6.07, 6.45) is 0.749. The number of carboxylic acid groups (broad SMARTS) is 1. The van der Waals surface area contributed by atoms with Gasteiger partial charge >= 0.3 is 6.09 Å². The van der Waals surface area contributed by atoms with Crippen LogP contribution >= 0.6 is 0 Å². The van der Waals surface area contributed by atoms with Crippen LogP contribution in [0.1, 0.15) is 18.4 Å². The average Bonchev–Trinajstić information content (AvgIpc) is 2.79. The van der Waals surface area contributed by atoms with Crippen LogP contribution in [0.5, 0.6) is 0 Å². The zero-order valence-electron chi connectivity index (χ0n) is 9.50. The standard InChI is InChI=1S/C13H15NO3/c15-12(9-10-5-2-1-3-6-10)11-7-4-8-14(11)13(16)17/h1-3,5-6,11H,4,7-9H2,(H,16,17)/t11-/m0/s1. The molecule has 1 heterocycles. The second-order valence-electron chi connectivity index (χ2n) is 4.26. The van der Waals surface area contributed by atoms with Crippen LogP contribution < -0.4 is 0 Å². The molecule has 0 aromatic heterocycles. The van der Waals surface area contributed by atoms with E-state index >= 15 is 0 Å². The topological polar surface area (TPSA) is 57.6 Å². The third-order valence-corrected chi connectivity index (χ3v) is 3.09. The van der Waals surface area contributed by atoms with Gasteiger partial charge in [0.25, 0.3) is 0 Å². The Hall–Kier alpha value is -1.84. The maximum absolute atomic E-state index is 12.0. The predicted molar refractivity (Wildman–Crippen MR) is 62.9 cm³/mol. The minimum atomic E-state index is -0.992. The first-order chi connectivity index (χ1) is 8.18. The number of rotatable bonds is 3. The molecule has 0 bridgehead atoms. The van der Waals surface area contributed by atoms with Gasteiger partial charge in [-0.1, -0.05) is 30.3 Å². The predicted octanol–water partition coefficient (Wildman–Crippen LogP) is 1.94. The molecule has 17 heavy (non-hydrogen) atoms. The molecule has 1 fully saturated rings. The van der Waals surface area contributed by atoms with Gasteiger partial charge in [0, 0.05) is 13.0 Å². The molecular weight excluding hydrogens is 218 g/mol. The van der Waals surface area contributed by atoms with E-state index in [1.54, 1.807) is 0 Å². The van der Waals surface area contributed by atoms with Crippen LogP contribution in [0.25, 0.3) is 0 Å². The minimum absolute atomic E-state index is 0.00361. The average molecular weight is 233 g/mol. The van der Waals surface area contributed by atoms with Gasteiger partial charge in [0.2, 0.25) is 0 Å². The maximum atomic E-state index is 12.0. The van der Waals surface area contributed by atoms with Crippen molar-refractivity contribution in [3.05, 3.63) is 35.9 Å². The summed E-state index contributed by atoms with van der Waals surface area (Å²) in [6, 6.07) is 8.98. The van der Waals surface area contributed by atoms with Crippen molar-refractivity contribution in [2.24, 2.45) is 0 Å². The van der Waals surface area contributed by atoms with E-state index in [0.717, 1.165) is 12.0 Å². The van der Waals surface area contributed by atoms with Gasteiger partial charge < -0.3 is 5.11 Å². The fourth-order valence-corrected chi connectivity index (χ4v) is 2.25. The molecule has 1 atom stereocenters. The van der Waals surface area contributed by atoms with Gasteiger partial charge in [0.05, 0.1) is 6.04 Å². The highest BCUT2D eigenvalue weighted by atomic mass is 16.4. The molecule has 90 valence electrons. The van der Waals surface area contributed by atoms with E-state index in [0.29, 0.717) is 19.4 Å². The lowest BCUT2D eigenvalue weighted by Crippen LogP contribution is -2.40. The Balaban J connectivity index is 2.03. The van der Waals surface area contributed by atoms with Crippen molar-refractivity contribution in [3.8, 4) is 0 Å². The molecule has 1 aromatic rings. The number of ketones is 1. The zero-order valence-corrected chi connectivity index (χ0v) is 9.50. The molecule has 1 aromatic carbocycles. The summed E-state index contributed by atoms with van der Waals surface area (Å²) in [5.74, 6) is -0.00361. The molecule has 1 saturated heterocycles. The molecule has 1 N–H and O–H groups in total. The second-order valence-corrected chi connectivity index (χ2v) is 4.26. The number of carbonyl (C=O) groups is 2. The Kier molecular flexibility index (Phi) is 3.42. The smallest absolute Gasteiger partial charge is 0.407 e. The number of Topliss-reactive ketones (excluding diaryl/α,β-unsaturated/α-hetero) is 1. The van der Waals surface area contributed by atoms with Crippen LogP contribution in [0, 0.1) is 0 Å². The van der Waals surface area contributed by atoms with Gasteiger partial charge in [-0.3, -0.25) is 9.69 Å². The summed E-state index contributed by atoms with van der Waals surface area (Å²) in [5.41, 5.74) is 0.940. The maximum Gasteiger partial charge on any atom is 0.407 e. The van der Waals surface area contributed by atoms with Crippen LogP contribution in [0.15, 0.2) is 30.3 Å². The van der Waals surface area contributed by atoms with E-state index in [-0.39, 0.29) is 5.78 Å². The number of amides is 1. The Morgan fingerprint density at radius 2 is 2.00 bits per heavy atom. The summed E-state index contributed by atoms with van der Waals surface area (Å²) in [6.45, 7) is 0.473. The Morgan fingerprint density at radius 3 is 2.65 bits per heavy atom. The van der Waals surface area contributed by atoms with Crippen molar-refractivity contribution in [1.29, 1.82) is 0 Å². The van der Waals surface area contributed by atoms with E-state index in [4.69, 9.17) is 5.11 Å². The van der Waals surface area contributed by atoms with Crippen molar-refractivity contribution in [1.82, 2.24) is 4.90 Å². The first-order valence-electron chi connectivity index (χ1n) is 5.74. The molecule has 0 unspecified atom stereocenters. The van der Waals surface area contributed by atoms with Gasteiger partial charge in [0.1, 0.15) is 0 Å². The van der Waals surface area contributed by atoms with E-state index in [2.05, 4.69) is 0 Å². The lowest BCUT2D eigenvalue weighted by Gasteiger charge is -2.20. The van der Waals surface area contributed by atoms with Crippen LogP contribution in [0.2, 0.25) is 0 Å². The van der Waals surface area contributed by atoms with E-state index in [1.165, 1.54) is 4.90 Å². The van der Waals surface area contributed by atoms with E-state index < -0.39 is 12.1 Å². The molecule has 0 aliphatic carbocycles. The zero-order chi connectivity index (χ0) is 12.3. The number of likely N-dealkylation sites (tertiary alicyclic amines) is 1. The summed E-state index contributed by atoms with van der Waals surface area (Å²) in [7, 11) is 0. The summed E-state index contributed by atoms with van der Waals surface area (Å²) in [4.78, 5) is 24.2. The van der Waals surface area contributed by atoms with Crippen molar-refractivity contribution in [2.45, 2.75) is 25.3 Å². The quantitative estimate of drug-likeness (QED) is 0.868. The molecule has 2 rings (SSSR count). The van der Waals surface area contributed by atoms with Gasteiger partial charge in [0.15, 0.2) is 5.78 Å². The first-order valence-corrected chi connectivity index (χ1v) is 5.74. The fourth-order valence-electron chi connectivity index (χ4n) is 2.25. The SMILES string of the molecule is O=C(Cc1ccccc1)[C@@H]1CCCN1C(=O)O. The van der Waals surface area contributed by atoms with Crippen molar-refractivity contribution >= 4 is 11.9 Å². The van der Waals surface area contributed by atoms with Crippen molar-refractivity contribution < 1.29 is 14.7 Å². The van der Waals surface area contributed by atoms with Gasteiger partial charge in [-0.15, -0.1) is 0 Å². The Labute approximate surface area is 99.9 Å². The number of benzene rings is 1. The van der Waals surface area contributed by atoms with E-state index in [9.17, 15) is 9.59 Å². The molecule has 1 aliphatic heterocycles. The minimum Gasteiger partial charge on any atom is -0.465 e. The summed E-state index contributed by atoms with van der Waals surface area (Å²) in [5, 5.41) is 8.97. The normalized spacial score (nSPS) is 19.3. The molecule has 4 nitrogen and oxygen atoms in total. The molecular formula is C13H15NO3. The van der Waals surface area contributed by atoms with E-state index in [1.807, 2.05) is 30.3 Å². The van der Waals surface area contributed by atoms with Gasteiger partial charge in [-0.05, 0) is 18.4 Å². The van der Waals surface area contributed by atoms with Crippen LogP contribution in [-0.4, -0.2) is 34.5 Å². The van der Waals surface area contributed by atoms with Crippen LogP contribution in [-0.2, 0) is 11.2 Å². The molecule has 1 amide bonds. The number of hydrogen-bond donors (Lipinski definition) is 1. The Bertz CT molecular complexity index is 416. The largest absolute Gasteiger partial charge is 0.465 e. The number of nitrogens with zero attached hydrogens (tertiary/aromatic N) is 1. The number of hydrogen-bond acceptors (Lipinski definition) is 2. The monoisotopic (exact) mass is 233 g/mol. The van der Waals surface area contributed by atoms with Crippen LogP contribution in [0.3, 0.4) is 0 Å². The third kappa shape index (κ3) is 2.64. The second kappa shape index (κ2) is 4.99. The lowest BCUT2D eigenvalue weighted by molar-refractivity contribution is -0.122. The molecule has 0 radical (unpaired) electrons. The number of carbonyl (C=O) groups excluding carboxylic acids is 1. The fraction of sp³-hybridized carbons (Fsp3) is 0.385. The van der Waals surface area contributed by atoms with Gasteiger partial charge in [-0.2, -0.15) is 0 Å². The van der Waals surface area contributed by atoms with Crippen LogP contribution in [0.4, 0.5) is 4.79 Å². The molecule has 1 aliphatic rings. The van der Waals surface area contributed by atoms with Crippen molar-refractivity contribution in [3.63, 3.8) is 0 Å². The summed E-state index contributed by atoms with van der Waals surface area (Å²) >= 11 is 0. The van der Waals surface area contributed by atoms with Crippen molar-refractivity contribution in [2.75, 3.05) is 6.54 Å². The molecule has 4 heteroatoms. The lowest BCUT2D eigenvalue weighted by atomic mass is 10.0. The highest BCUT2D eigenvalue weighted by molar-refractivity contribution is 5.89. The highest BCUT2D eigenvalue weighted by Crippen LogP contribution is 2.19.